The summed E-state index contributed by atoms with van der Waals surface area (Å²) in [5.41, 5.74) is 3.71. The van der Waals surface area contributed by atoms with E-state index in [1.54, 1.807) is 17.3 Å². The van der Waals surface area contributed by atoms with Crippen LogP contribution in [-0.4, -0.2) is 28.4 Å². The van der Waals surface area contributed by atoms with E-state index in [9.17, 15) is 4.79 Å². The van der Waals surface area contributed by atoms with Gasteiger partial charge in [-0.05, 0) is 80.0 Å². The number of amides is 1. The molecule has 0 spiro atoms. The summed E-state index contributed by atoms with van der Waals surface area (Å²) in [7, 11) is 0. The Hall–Kier alpha value is -2.72. The lowest BCUT2D eigenvalue weighted by atomic mass is 9.84. The second-order valence-corrected chi connectivity index (χ2v) is 9.84. The van der Waals surface area contributed by atoms with Crippen molar-refractivity contribution < 1.29 is 4.79 Å². The molecule has 2 atom stereocenters. The number of nitrogens with zero attached hydrogens (tertiary/aromatic N) is 2. The number of carbonyl (C=O) groups excluding carboxylic acids is 1. The van der Waals surface area contributed by atoms with Crippen molar-refractivity contribution >= 4 is 16.7 Å². The molecule has 1 aromatic heterocycles. The van der Waals surface area contributed by atoms with Crippen LogP contribution in [0.25, 0.3) is 10.8 Å². The third-order valence-electron chi connectivity index (χ3n) is 8.09. The summed E-state index contributed by atoms with van der Waals surface area (Å²) in [6, 6.07) is 20.6. The lowest BCUT2D eigenvalue weighted by Crippen LogP contribution is -2.38. The zero-order valence-electron chi connectivity index (χ0n) is 18.5. The van der Waals surface area contributed by atoms with Crippen LogP contribution in [0.4, 0.5) is 0 Å². The highest BCUT2D eigenvalue weighted by Crippen LogP contribution is 2.53. The Balaban J connectivity index is 1.02. The molecule has 164 valence electrons. The molecule has 32 heavy (non-hydrogen) atoms. The minimum Gasteiger partial charge on any atom is -0.348 e. The molecular weight excluding hydrogens is 394 g/mol. The maximum atomic E-state index is 12.9. The molecule has 1 saturated heterocycles. The minimum atomic E-state index is -0.0309. The first kappa shape index (κ1) is 19.9. The monoisotopic (exact) mass is 425 g/mol. The molecule has 6 rings (SSSR count). The van der Waals surface area contributed by atoms with Crippen molar-refractivity contribution in [3.63, 3.8) is 0 Å². The maximum absolute atomic E-state index is 12.9. The lowest BCUT2D eigenvalue weighted by molar-refractivity contribution is 0.0915. The van der Waals surface area contributed by atoms with Crippen LogP contribution >= 0.6 is 0 Å². The highest BCUT2D eigenvalue weighted by atomic mass is 16.1. The molecule has 3 heterocycles. The number of hydrogen-bond acceptors (Lipinski definition) is 3. The fourth-order valence-corrected chi connectivity index (χ4v) is 6.44. The molecule has 2 bridgehead atoms. The molecule has 2 aliphatic heterocycles. The first-order valence-electron chi connectivity index (χ1n) is 12.3. The van der Waals surface area contributed by atoms with E-state index in [-0.39, 0.29) is 11.9 Å². The molecule has 1 aliphatic carbocycles. The summed E-state index contributed by atoms with van der Waals surface area (Å²) in [5.74, 6) is 0.749. The topological polar surface area (TPSA) is 45.2 Å². The molecule has 0 radical (unpaired) electrons. The van der Waals surface area contributed by atoms with Crippen molar-refractivity contribution in [2.45, 2.75) is 63.1 Å². The van der Waals surface area contributed by atoms with Crippen molar-refractivity contribution in [2.24, 2.45) is 5.92 Å². The molecule has 4 heteroatoms. The summed E-state index contributed by atoms with van der Waals surface area (Å²) in [6.07, 6.45) is 10.2. The van der Waals surface area contributed by atoms with Gasteiger partial charge in [-0.25, -0.2) is 0 Å². The summed E-state index contributed by atoms with van der Waals surface area (Å²) >= 11 is 0. The summed E-state index contributed by atoms with van der Waals surface area (Å²) < 4.78 is 0. The first-order valence-corrected chi connectivity index (χ1v) is 12.3. The van der Waals surface area contributed by atoms with Gasteiger partial charge in [0.15, 0.2) is 0 Å². The van der Waals surface area contributed by atoms with Gasteiger partial charge in [0.1, 0.15) is 5.69 Å². The molecule has 1 saturated carbocycles. The molecule has 3 aromatic rings. The highest BCUT2D eigenvalue weighted by molar-refractivity contribution is 6.05. The zero-order chi connectivity index (χ0) is 21.5. The normalized spacial score (nSPS) is 26.9. The summed E-state index contributed by atoms with van der Waals surface area (Å²) in [5, 5.41) is 5.27. The van der Waals surface area contributed by atoms with Gasteiger partial charge in [0, 0.05) is 29.7 Å². The standard InChI is InChI=1S/C28H31N3O/c32-28(27-22-6-2-1-5-20(22)15-17-29-27)30-21-11-9-19(10-12-21)16-18-31-25-13-14-26(31)24-8-4-3-7-23(24)25/h1-8,15,17,19,21,25-26H,9-14,16,18H2,(H,30,32)/t19?,21?,25-,26+. The fraction of sp³-hybridized carbons (Fsp3) is 0.429. The van der Waals surface area contributed by atoms with Crippen molar-refractivity contribution in [1.29, 1.82) is 0 Å². The van der Waals surface area contributed by atoms with Crippen LogP contribution in [0.3, 0.4) is 0 Å². The van der Waals surface area contributed by atoms with Gasteiger partial charge in [-0.2, -0.15) is 0 Å². The SMILES string of the molecule is O=C(NC1CCC(CCN2[C@@H]3CC[C@H]2c2ccccc23)CC1)c1nccc2ccccc12. The van der Waals surface area contributed by atoms with Crippen molar-refractivity contribution in [2.75, 3.05) is 6.54 Å². The number of hydrogen-bond donors (Lipinski definition) is 1. The van der Waals surface area contributed by atoms with E-state index < -0.39 is 0 Å². The average Bonchev–Trinajstić information content (AvgIpc) is 3.39. The first-order chi connectivity index (χ1) is 15.8. The maximum Gasteiger partial charge on any atom is 0.270 e. The molecule has 4 nitrogen and oxygen atoms in total. The number of rotatable bonds is 5. The second kappa shape index (κ2) is 8.32. The van der Waals surface area contributed by atoms with Crippen LogP contribution < -0.4 is 5.32 Å². The number of benzene rings is 2. The second-order valence-electron chi connectivity index (χ2n) is 9.84. The van der Waals surface area contributed by atoms with Gasteiger partial charge >= 0.3 is 0 Å². The quantitative estimate of drug-likeness (QED) is 0.561. The van der Waals surface area contributed by atoms with Crippen molar-refractivity contribution in [3.8, 4) is 0 Å². The van der Waals surface area contributed by atoms with E-state index in [0.717, 1.165) is 29.5 Å². The van der Waals surface area contributed by atoms with Crippen LogP contribution in [0.2, 0.25) is 0 Å². The molecule has 3 aliphatic rings. The Kier molecular flexibility index (Phi) is 5.18. The minimum absolute atomic E-state index is 0.0309. The average molecular weight is 426 g/mol. The van der Waals surface area contributed by atoms with Gasteiger partial charge < -0.3 is 5.32 Å². The highest BCUT2D eigenvalue weighted by Gasteiger charge is 2.43. The van der Waals surface area contributed by atoms with Crippen LogP contribution in [-0.2, 0) is 0 Å². The van der Waals surface area contributed by atoms with Gasteiger partial charge in [-0.15, -0.1) is 0 Å². The Morgan fingerprint density at radius 3 is 2.31 bits per heavy atom. The van der Waals surface area contributed by atoms with E-state index in [1.807, 2.05) is 30.3 Å². The van der Waals surface area contributed by atoms with E-state index in [2.05, 4.69) is 39.5 Å². The lowest BCUT2D eigenvalue weighted by Gasteiger charge is -2.31. The molecular formula is C28H31N3O. The van der Waals surface area contributed by atoms with Crippen LogP contribution in [0.15, 0.2) is 60.8 Å². The van der Waals surface area contributed by atoms with Gasteiger partial charge in [0.05, 0.1) is 0 Å². The fourth-order valence-electron chi connectivity index (χ4n) is 6.44. The number of nitrogens with one attached hydrogen (secondary N) is 1. The van der Waals surface area contributed by atoms with Crippen molar-refractivity contribution in [3.05, 3.63) is 77.6 Å². The summed E-state index contributed by atoms with van der Waals surface area (Å²) in [4.78, 5) is 20.1. The van der Waals surface area contributed by atoms with Crippen LogP contribution in [0.5, 0.6) is 0 Å². The zero-order valence-corrected chi connectivity index (χ0v) is 18.5. The number of carbonyl (C=O) groups is 1. The number of pyridine rings is 1. The van der Waals surface area contributed by atoms with E-state index in [4.69, 9.17) is 0 Å². The third kappa shape index (κ3) is 3.51. The number of aromatic nitrogens is 1. The summed E-state index contributed by atoms with van der Waals surface area (Å²) in [6.45, 7) is 1.21. The Morgan fingerprint density at radius 2 is 1.56 bits per heavy atom. The smallest absolute Gasteiger partial charge is 0.270 e. The van der Waals surface area contributed by atoms with Crippen molar-refractivity contribution in [1.82, 2.24) is 15.2 Å². The largest absolute Gasteiger partial charge is 0.348 e. The predicted octanol–water partition coefficient (Wildman–Crippen LogP) is 5.81. The van der Waals surface area contributed by atoms with Gasteiger partial charge in [-0.3, -0.25) is 14.7 Å². The molecule has 1 amide bonds. The van der Waals surface area contributed by atoms with Gasteiger partial charge in [-0.1, -0.05) is 48.5 Å². The third-order valence-corrected chi connectivity index (χ3v) is 8.09. The van der Waals surface area contributed by atoms with E-state index in [1.165, 1.54) is 38.6 Å². The van der Waals surface area contributed by atoms with Crippen LogP contribution in [0.1, 0.15) is 78.6 Å². The number of fused-ring (bicyclic) bond motifs is 6. The molecule has 2 fully saturated rings. The van der Waals surface area contributed by atoms with E-state index in [0.29, 0.717) is 17.8 Å². The Labute approximate surface area is 190 Å². The predicted molar refractivity (Wildman–Crippen MR) is 127 cm³/mol. The molecule has 1 N–H and O–H groups in total. The molecule has 0 unspecified atom stereocenters. The van der Waals surface area contributed by atoms with Gasteiger partial charge in [0.25, 0.3) is 5.91 Å². The van der Waals surface area contributed by atoms with Crippen LogP contribution in [0, 0.1) is 5.92 Å². The Bertz CT molecular complexity index is 1100. The Morgan fingerprint density at radius 1 is 0.875 bits per heavy atom. The van der Waals surface area contributed by atoms with Gasteiger partial charge in [0.2, 0.25) is 0 Å². The molecule has 2 aromatic carbocycles. The van der Waals surface area contributed by atoms with E-state index >= 15 is 0 Å².